The van der Waals surface area contributed by atoms with Crippen LogP contribution >= 0.6 is 0 Å². The lowest BCUT2D eigenvalue weighted by molar-refractivity contribution is -0.876. The maximum absolute atomic E-state index is 12.3. The highest BCUT2D eigenvalue weighted by molar-refractivity contribution is 7.89. The Morgan fingerprint density at radius 1 is 1.29 bits per heavy atom. The molecule has 1 aromatic rings. The summed E-state index contributed by atoms with van der Waals surface area (Å²) in [5.74, 6) is 0. The van der Waals surface area contributed by atoms with Gasteiger partial charge in [-0.1, -0.05) is 0 Å². The van der Waals surface area contributed by atoms with Crippen molar-refractivity contribution in [1.29, 1.82) is 0 Å². The van der Waals surface area contributed by atoms with Gasteiger partial charge in [0, 0.05) is 25.1 Å². The van der Waals surface area contributed by atoms with E-state index in [9.17, 15) is 18.5 Å². The number of nitro benzene ring substituents is 1. The van der Waals surface area contributed by atoms with Crippen molar-refractivity contribution in [2.75, 3.05) is 38.1 Å². The van der Waals surface area contributed by atoms with E-state index in [2.05, 4.69) is 11.8 Å². The van der Waals surface area contributed by atoms with Gasteiger partial charge >= 0.3 is 0 Å². The fourth-order valence-corrected chi connectivity index (χ4v) is 4.11. The molecule has 134 valence electrons. The topological polar surface area (TPSA) is 97.0 Å². The number of rotatable bonds is 5. The zero-order valence-electron chi connectivity index (χ0n) is 14.3. The Kier molecular flexibility index (Phi) is 5.79. The van der Waals surface area contributed by atoms with Crippen molar-refractivity contribution in [3.8, 4) is 0 Å². The second kappa shape index (κ2) is 7.45. The van der Waals surface area contributed by atoms with Gasteiger partial charge in [0.2, 0.25) is 10.0 Å². The molecule has 1 unspecified atom stereocenters. The second-order valence-electron chi connectivity index (χ2n) is 6.48. The van der Waals surface area contributed by atoms with E-state index in [0.29, 0.717) is 12.2 Å². The first-order valence-electron chi connectivity index (χ1n) is 8.07. The van der Waals surface area contributed by atoms with Crippen LogP contribution in [0.25, 0.3) is 0 Å². The van der Waals surface area contributed by atoms with Crippen LogP contribution in [0.2, 0.25) is 0 Å². The molecule has 0 saturated carbocycles. The Hall–Kier alpha value is -1.71. The summed E-state index contributed by atoms with van der Waals surface area (Å²) in [4.78, 5) is 14.2. The zero-order valence-corrected chi connectivity index (χ0v) is 15.1. The molecular weight excluding hydrogens is 332 g/mol. The van der Waals surface area contributed by atoms with E-state index in [1.54, 1.807) is 19.9 Å². The van der Waals surface area contributed by atoms with Gasteiger partial charge in [0.05, 0.1) is 36.5 Å². The summed E-state index contributed by atoms with van der Waals surface area (Å²) < 4.78 is 27.0. The number of nitrogens with one attached hydrogen (secondary N) is 2. The lowest BCUT2D eigenvalue weighted by atomic mass is 10.2. The van der Waals surface area contributed by atoms with E-state index in [0.717, 1.165) is 32.1 Å². The molecule has 9 heteroatoms. The lowest BCUT2D eigenvalue weighted by Crippen LogP contribution is -3.09. The molecule has 0 spiro atoms. The van der Waals surface area contributed by atoms with Gasteiger partial charge in [-0.3, -0.25) is 10.1 Å². The number of sulfonamides is 1. The van der Waals surface area contributed by atoms with Crippen molar-refractivity contribution in [1.82, 2.24) is 4.72 Å². The summed E-state index contributed by atoms with van der Waals surface area (Å²) in [6, 6.07) is 3.86. The minimum Gasteiger partial charge on any atom is -0.360 e. The van der Waals surface area contributed by atoms with Gasteiger partial charge in [0.25, 0.3) is 5.69 Å². The van der Waals surface area contributed by atoms with Crippen LogP contribution in [0.1, 0.15) is 20.3 Å². The Balaban J connectivity index is 2.39. The number of quaternary nitrogens is 1. The molecule has 0 amide bonds. The van der Waals surface area contributed by atoms with Gasteiger partial charge in [-0.05, 0) is 26.0 Å². The molecule has 1 aliphatic heterocycles. The average Bonchev–Trinajstić information content (AvgIpc) is 2.70. The number of likely N-dealkylation sites (N-methyl/N-ethyl adjacent to an activating group) is 1. The third kappa shape index (κ3) is 4.43. The summed E-state index contributed by atoms with van der Waals surface area (Å²) in [5.41, 5.74) is 0.319. The van der Waals surface area contributed by atoms with Crippen LogP contribution in [0.4, 0.5) is 11.4 Å². The number of nitro groups is 1. The highest BCUT2D eigenvalue weighted by atomic mass is 32.2. The summed E-state index contributed by atoms with van der Waals surface area (Å²) in [7, 11) is -1.65. The maximum atomic E-state index is 12.3. The molecular formula is C15H25N4O4S+. The van der Waals surface area contributed by atoms with Crippen LogP contribution in [0.15, 0.2) is 23.1 Å². The number of benzene rings is 1. The van der Waals surface area contributed by atoms with E-state index >= 15 is 0 Å². The summed E-state index contributed by atoms with van der Waals surface area (Å²) in [5, 5.41) is 11.5. The van der Waals surface area contributed by atoms with Gasteiger partial charge in [-0.15, -0.1) is 0 Å². The van der Waals surface area contributed by atoms with E-state index in [1.807, 2.05) is 4.90 Å². The van der Waals surface area contributed by atoms with Gasteiger partial charge in [-0.25, -0.2) is 13.1 Å². The van der Waals surface area contributed by atoms with Gasteiger partial charge in [-0.2, -0.15) is 0 Å². The highest BCUT2D eigenvalue weighted by Crippen LogP contribution is 2.31. The lowest BCUT2D eigenvalue weighted by Gasteiger charge is -2.21. The van der Waals surface area contributed by atoms with Crippen LogP contribution in [0.5, 0.6) is 0 Å². The Morgan fingerprint density at radius 2 is 2.00 bits per heavy atom. The second-order valence-corrected chi connectivity index (χ2v) is 8.20. The summed E-state index contributed by atoms with van der Waals surface area (Å²) in [6.07, 6.45) is 0.942. The zero-order chi connectivity index (χ0) is 17.9. The molecule has 0 radical (unpaired) electrons. The van der Waals surface area contributed by atoms with Crippen molar-refractivity contribution >= 4 is 21.4 Å². The molecule has 0 aromatic heterocycles. The monoisotopic (exact) mass is 357 g/mol. The molecule has 2 N–H and O–H groups in total. The molecule has 8 nitrogen and oxygen atoms in total. The molecule has 1 aromatic carbocycles. The fourth-order valence-electron chi connectivity index (χ4n) is 2.84. The Morgan fingerprint density at radius 3 is 2.62 bits per heavy atom. The van der Waals surface area contributed by atoms with Crippen molar-refractivity contribution < 1.29 is 18.2 Å². The molecule has 24 heavy (non-hydrogen) atoms. The van der Waals surface area contributed by atoms with Crippen LogP contribution < -0.4 is 14.5 Å². The van der Waals surface area contributed by atoms with E-state index in [4.69, 9.17) is 0 Å². The number of anilines is 1. The van der Waals surface area contributed by atoms with Gasteiger partial charge < -0.3 is 9.80 Å². The van der Waals surface area contributed by atoms with Crippen molar-refractivity contribution in [3.05, 3.63) is 28.3 Å². The molecule has 1 fully saturated rings. The van der Waals surface area contributed by atoms with Crippen LogP contribution in [0.3, 0.4) is 0 Å². The Labute approximate surface area is 142 Å². The number of hydrogen-bond acceptors (Lipinski definition) is 5. The largest absolute Gasteiger partial charge is 0.360 e. The number of hydrogen-bond donors (Lipinski definition) is 2. The smallest absolute Gasteiger partial charge is 0.293 e. The predicted octanol–water partition coefficient (Wildman–Crippen LogP) is 0.00630. The van der Waals surface area contributed by atoms with Crippen molar-refractivity contribution in [2.24, 2.45) is 0 Å². The first-order chi connectivity index (χ1) is 11.2. The molecule has 0 bridgehead atoms. The predicted molar refractivity (Wildman–Crippen MR) is 92.0 cm³/mol. The van der Waals surface area contributed by atoms with Gasteiger partial charge in [0.15, 0.2) is 0 Å². The first-order valence-corrected chi connectivity index (χ1v) is 9.56. The van der Waals surface area contributed by atoms with Crippen LogP contribution in [0, 0.1) is 10.1 Å². The van der Waals surface area contributed by atoms with Crippen LogP contribution in [-0.2, 0) is 10.0 Å². The van der Waals surface area contributed by atoms with Crippen molar-refractivity contribution in [3.63, 3.8) is 0 Å². The summed E-state index contributed by atoms with van der Waals surface area (Å²) >= 11 is 0. The average molecular weight is 357 g/mol. The maximum Gasteiger partial charge on any atom is 0.293 e. The van der Waals surface area contributed by atoms with E-state index in [-0.39, 0.29) is 16.6 Å². The third-order valence-electron chi connectivity index (χ3n) is 4.03. The summed E-state index contributed by atoms with van der Waals surface area (Å²) in [6.45, 7) is 6.77. The van der Waals surface area contributed by atoms with Gasteiger partial charge in [0.1, 0.15) is 5.69 Å². The molecule has 1 saturated heterocycles. The Bertz CT molecular complexity index is 705. The fraction of sp³-hybridized carbons (Fsp3) is 0.600. The van der Waals surface area contributed by atoms with Crippen molar-refractivity contribution in [2.45, 2.75) is 31.2 Å². The molecule has 2 rings (SSSR count). The number of nitrogens with zero attached hydrogens (tertiary/aromatic N) is 2. The minimum atomic E-state index is -3.76. The SMILES string of the molecule is CC(C)NS(=O)(=O)c1ccc(N2CCC[NH+](C)CC2)c([N+](=O)[O-])c1. The van der Waals surface area contributed by atoms with E-state index < -0.39 is 14.9 Å². The quantitative estimate of drug-likeness (QED) is 0.571. The first kappa shape index (κ1) is 18.6. The molecule has 1 atom stereocenters. The third-order valence-corrected chi connectivity index (χ3v) is 5.68. The normalized spacial score (nSPS) is 19.3. The molecule has 1 heterocycles. The highest BCUT2D eigenvalue weighted by Gasteiger charge is 2.26. The molecule has 1 aliphatic rings. The minimum absolute atomic E-state index is 0.0794. The standard InChI is InChI=1S/C15H24N4O4S/c1-12(2)16-24(22,23)13-5-6-14(15(11-13)19(20)21)18-8-4-7-17(3)9-10-18/h5-6,11-12,16H,4,7-10H2,1-3H3/p+1. The van der Waals surface area contributed by atoms with Crippen LogP contribution in [-0.4, -0.2) is 52.6 Å². The molecule has 0 aliphatic carbocycles. The van der Waals surface area contributed by atoms with E-state index in [1.165, 1.54) is 11.0 Å².